The van der Waals surface area contributed by atoms with Crippen molar-refractivity contribution in [2.45, 2.75) is 66.5 Å². The molecule has 0 aliphatic heterocycles. The summed E-state index contributed by atoms with van der Waals surface area (Å²) in [5.74, 6) is -37.8. The van der Waals surface area contributed by atoms with Gasteiger partial charge in [0.15, 0.2) is 0 Å². The molecule has 0 spiro atoms. The Morgan fingerprint density at radius 2 is 0.683 bits per heavy atom. The maximum absolute atomic E-state index is 14.0. The quantitative estimate of drug-likeness (QED) is 0.293. The van der Waals surface area contributed by atoms with E-state index in [1.807, 2.05) is 0 Å². The van der Waals surface area contributed by atoms with Crippen LogP contribution in [0.15, 0.2) is 0 Å². The van der Waals surface area contributed by atoms with Crippen LogP contribution in [0, 0.1) is 0 Å². The minimum absolute atomic E-state index is 0. The first-order valence-corrected chi connectivity index (χ1v) is 7.98. The summed E-state index contributed by atoms with van der Waals surface area (Å²) >= 11 is 0. The third-order valence-electron chi connectivity index (χ3n) is 3.63. The minimum Gasteiger partial charge on any atom is -0.544 e. The Morgan fingerprint density at radius 3 is 0.902 bits per heavy atom. The molecule has 0 aromatic heterocycles. The van der Waals surface area contributed by atoms with Crippen molar-refractivity contribution in [3.8, 4) is 0 Å². The van der Waals surface area contributed by atoms with Crippen molar-refractivity contribution in [3.05, 3.63) is 0 Å². The summed E-state index contributed by atoms with van der Waals surface area (Å²) in [7, 11) is 0. The summed E-state index contributed by atoms with van der Waals surface area (Å²) < 4.78 is 300. The number of carboxylic acids is 1. The molecule has 248 valence electrons. The summed E-state index contributed by atoms with van der Waals surface area (Å²) in [6.45, 7) is 0. The highest BCUT2D eigenvalue weighted by Gasteiger charge is 2.88. The van der Waals surface area contributed by atoms with Gasteiger partial charge in [0.2, 0.25) is 0 Å². The van der Waals surface area contributed by atoms with Crippen LogP contribution >= 0.6 is 0 Å². The van der Waals surface area contributed by atoms with Gasteiger partial charge < -0.3 is 16.1 Å². The van der Waals surface area contributed by atoms with E-state index in [2.05, 4.69) is 0 Å². The number of ether oxygens (including phenoxy) is 3. The molecule has 6 nitrogen and oxygen atoms in total. The Hall–Kier alpha value is -2.30. The Balaban J connectivity index is 0. The monoisotopic (exact) mass is 679 g/mol. The molecule has 0 saturated carbocycles. The zero-order chi connectivity index (χ0) is 33.2. The molecule has 3 unspecified atom stereocenters. The summed E-state index contributed by atoms with van der Waals surface area (Å²) in [4.78, 5) is 10.1. The van der Waals surface area contributed by atoms with Crippen molar-refractivity contribution < 1.29 is 125 Å². The Kier molecular flexibility index (Phi) is 10.4. The van der Waals surface area contributed by atoms with E-state index in [-0.39, 0.29) is 6.15 Å². The lowest BCUT2D eigenvalue weighted by atomic mass is 10.2. The van der Waals surface area contributed by atoms with E-state index in [0.29, 0.717) is 0 Å². The van der Waals surface area contributed by atoms with Crippen molar-refractivity contribution in [1.82, 2.24) is 6.15 Å². The summed E-state index contributed by atoms with van der Waals surface area (Å²) in [6, 6.07) is 0. The fourth-order valence-electron chi connectivity index (χ4n) is 1.67. The van der Waals surface area contributed by atoms with E-state index in [9.17, 15) is 111 Å². The van der Waals surface area contributed by atoms with E-state index in [0.717, 1.165) is 9.47 Å². The molecule has 0 aliphatic rings. The summed E-state index contributed by atoms with van der Waals surface area (Å²) in [6.07, 6.45) is -58.0. The summed E-state index contributed by atoms with van der Waals surface area (Å²) in [5.41, 5.74) is 0. The fourth-order valence-corrected chi connectivity index (χ4v) is 1.67. The Morgan fingerprint density at radius 1 is 0.415 bits per heavy atom. The van der Waals surface area contributed by atoms with E-state index in [1.165, 1.54) is 4.74 Å². The molecule has 0 aromatic carbocycles. The van der Waals surface area contributed by atoms with Gasteiger partial charge in [0, 0.05) is 0 Å². The topological polar surface area (TPSA) is 104 Å². The van der Waals surface area contributed by atoms with Crippen LogP contribution in [0.5, 0.6) is 0 Å². The zero-order valence-electron chi connectivity index (χ0n) is 17.7. The van der Waals surface area contributed by atoms with E-state index >= 15 is 0 Å². The second-order valence-electron chi connectivity index (χ2n) is 6.50. The average molecular weight is 679 g/mol. The first-order chi connectivity index (χ1) is 16.8. The molecule has 0 aromatic rings. The Labute approximate surface area is 205 Å². The number of carbonyl (C=O) groups is 1. The molecule has 29 heteroatoms. The van der Waals surface area contributed by atoms with Crippen LogP contribution < -0.4 is 11.3 Å². The maximum atomic E-state index is 14.0. The van der Waals surface area contributed by atoms with Gasteiger partial charge in [0.1, 0.15) is 5.97 Å². The lowest BCUT2D eigenvalue weighted by Gasteiger charge is -2.43. The van der Waals surface area contributed by atoms with Crippen molar-refractivity contribution in [2.24, 2.45) is 0 Å². The molecule has 0 heterocycles. The largest absolute Gasteiger partial charge is 0.544 e. The third-order valence-corrected chi connectivity index (χ3v) is 3.63. The van der Waals surface area contributed by atoms with Crippen molar-refractivity contribution in [2.75, 3.05) is 0 Å². The lowest BCUT2D eigenvalue weighted by Crippen LogP contribution is -2.71. The van der Waals surface area contributed by atoms with Crippen molar-refractivity contribution >= 4 is 5.97 Å². The number of carbonyl (C=O) groups excluding carboxylic acids is 1. The molecular formula is C12H4F23NO5. The van der Waals surface area contributed by atoms with Crippen LogP contribution in [0.2, 0.25) is 0 Å². The van der Waals surface area contributed by atoms with Gasteiger partial charge >= 0.3 is 66.5 Å². The van der Waals surface area contributed by atoms with Crippen LogP contribution in [0.25, 0.3) is 0 Å². The van der Waals surface area contributed by atoms with Gasteiger partial charge in [-0.2, -0.15) is 101 Å². The second kappa shape index (κ2) is 10.5. The van der Waals surface area contributed by atoms with Crippen LogP contribution in [0.3, 0.4) is 0 Å². The molecule has 0 saturated heterocycles. The first-order valence-electron chi connectivity index (χ1n) is 7.98. The number of alkyl halides is 23. The molecule has 0 aliphatic carbocycles. The van der Waals surface area contributed by atoms with Gasteiger partial charge in [0.05, 0.1) is 0 Å². The van der Waals surface area contributed by atoms with Gasteiger partial charge in [-0.15, -0.1) is 0 Å². The van der Waals surface area contributed by atoms with Crippen LogP contribution in [0.1, 0.15) is 0 Å². The lowest BCUT2D eigenvalue weighted by molar-refractivity contribution is -0.579. The number of hydrogen-bond donors (Lipinski definition) is 1. The minimum atomic E-state index is -8.79. The highest BCUT2D eigenvalue weighted by Crippen LogP contribution is 2.59. The van der Waals surface area contributed by atoms with Crippen LogP contribution in [0.4, 0.5) is 101 Å². The molecule has 41 heavy (non-hydrogen) atoms. The zero-order valence-corrected chi connectivity index (χ0v) is 17.7. The predicted octanol–water partition coefficient (Wildman–Crippen LogP) is 5.82. The summed E-state index contributed by atoms with van der Waals surface area (Å²) in [5, 5.41) is 10.1. The van der Waals surface area contributed by atoms with Gasteiger partial charge in [-0.1, -0.05) is 0 Å². The SMILES string of the molecule is O=C([O-])C(F)(OC(F)(F)C(F)(OC(F)(F)C(F)(OC(F)(F)C(F)(F)C(F)(F)F)C(F)(F)F)C(F)(F)F)C(F)(F)F.[NH4+]. The highest BCUT2D eigenvalue weighted by molar-refractivity contribution is 5.74. The second-order valence-corrected chi connectivity index (χ2v) is 6.50. The number of carboxylic acid groups (broad SMARTS) is 1. The molecule has 0 amide bonds. The predicted molar refractivity (Wildman–Crippen MR) is 69.8 cm³/mol. The molecule has 0 radical (unpaired) electrons. The molecule has 0 rings (SSSR count). The van der Waals surface area contributed by atoms with E-state index < -0.39 is 72.5 Å². The normalized spacial score (nSPS) is 19.5. The van der Waals surface area contributed by atoms with Crippen molar-refractivity contribution in [1.29, 1.82) is 0 Å². The van der Waals surface area contributed by atoms with Crippen LogP contribution in [-0.2, 0) is 19.0 Å². The molecule has 4 N–H and O–H groups in total. The number of quaternary nitrogens is 1. The fraction of sp³-hybridized carbons (Fsp3) is 0.917. The third kappa shape index (κ3) is 6.70. The first kappa shape index (κ1) is 40.8. The number of rotatable bonds is 10. The van der Waals surface area contributed by atoms with E-state index in [1.54, 1.807) is 0 Å². The molecule has 0 bridgehead atoms. The van der Waals surface area contributed by atoms with E-state index in [4.69, 9.17) is 0 Å². The van der Waals surface area contributed by atoms with Gasteiger partial charge in [-0.3, -0.25) is 14.2 Å². The molecular weight excluding hydrogens is 675 g/mol. The number of aliphatic carboxylic acids is 1. The highest BCUT2D eigenvalue weighted by atomic mass is 19.4. The Bertz CT molecular complexity index is 937. The van der Waals surface area contributed by atoms with Gasteiger partial charge in [-0.25, -0.2) is 0 Å². The van der Waals surface area contributed by atoms with Crippen LogP contribution in [-0.4, -0.2) is 72.5 Å². The van der Waals surface area contributed by atoms with Gasteiger partial charge in [0.25, 0.3) is 0 Å². The maximum Gasteiger partial charge on any atom is 0.462 e. The molecule has 3 atom stereocenters. The number of halogens is 23. The standard InChI is InChI=1S/C12HF23O5.H3N/c13-2(1(36)37,6(18,19)20)38-11(32,33)4(16,8(24,25)26)40-12(34,35)5(17,9(27,28)29)39-10(30,31)3(14,15)7(21,22)23;/h(H,36,37);1H3. The van der Waals surface area contributed by atoms with Crippen molar-refractivity contribution in [3.63, 3.8) is 0 Å². The smallest absolute Gasteiger partial charge is 0.462 e. The van der Waals surface area contributed by atoms with Gasteiger partial charge in [-0.05, 0) is 0 Å². The number of hydrogen-bond acceptors (Lipinski definition) is 5. The molecule has 0 fully saturated rings. The average Bonchev–Trinajstić information content (AvgIpc) is 2.62.